The molecule has 1 N–H and O–H groups in total. The number of hydrogen-bond donors (Lipinski definition) is 1. The fraction of sp³-hybridized carbons (Fsp3) is 0.500. The minimum Gasteiger partial charge on any atom is -0.491 e. The van der Waals surface area contributed by atoms with E-state index in [1.54, 1.807) is 0 Å². The largest absolute Gasteiger partial charge is 0.491 e. The van der Waals surface area contributed by atoms with Crippen LogP contribution in [0, 0.1) is 19.8 Å². The van der Waals surface area contributed by atoms with Crippen LogP contribution in [0.4, 0.5) is 5.69 Å². The monoisotopic (exact) mass is 225 g/mol. The third-order valence-corrected chi connectivity index (χ3v) is 3.38. The summed E-state index contributed by atoms with van der Waals surface area (Å²) < 4.78 is 5.76. The van der Waals surface area contributed by atoms with E-state index < -0.39 is 0 Å². The molecule has 0 aliphatic carbocycles. The van der Waals surface area contributed by atoms with Crippen LogP contribution in [0.5, 0.6) is 5.75 Å². The molecule has 0 amide bonds. The highest BCUT2D eigenvalue weighted by Gasteiger charge is 2.17. The maximum atomic E-state index is 6.21. The summed E-state index contributed by atoms with van der Waals surface area (Å²) in [6.45, 7) is 7.91. The zero-order valence-electron chi connectivity index (χ0n) is 9.36. The van der Waals surface area contributed by atoms with Crippen molar-refractivity contribution in [1.82, 2.24) is 0 Å². The van der Waals surface area contributed by atoms with Crippen molar-refractivity contribution in [3.8, 4) is 5.75 Å². The van der Waals surface area contributed by atoms with Gasteiger partial charge in [-0.25, -0.2) is 0 Å². The summed E-state index contributed by atoms with van der Waals surface area (Å²) in [5, 5.41) is 4.23. The Kier molecular flexibility index (Phi) is 2.79. The van der Waals surface area contributed by atoms with Gasteiger partial charge in [0.15, 0.2) is 0 Å². The Morgan fingerprint density at radius 3 is 2.93 bits per heavy atom. The molecule has 0 radical (unpaired) electrons. The third kappa shape index (κ3) is 1.91. The summed E-state index contributed by atoms with van der Waals surface area (Å²) in [6.07, 6.45) is 0. The van der Waals surface area contributed by atoms with Crippen molar-refractivity contribution in [2.75, 3.05) is 18.5 Å². The SMILES string of the molecule is Cc1cc2c(c(C)c1Cl)NCC(C)CO2. The second-order valence-corrected chi connectivity index (χ2v) is 4.68. The number of ether oxygens (including phenoxy) is 1. The molecule has 0 aromatic heterocycles. The van der Waals surface area contributed by atoms with Gasteiger partial charge in [0.1, 0.15) is 5.75 Å². The van der Waals surface area contributed by atoms with Crippen molar-refractivity contribution in [2.45, 2.75) is 20.8 Å². The number of hydrogen-bond acceptors (Lipinski definition) is 2. The van der Waals surface area contributed by atoms with Crippen LogP contribution >= 0.6 is 11.6 Å². The first-order valence-electron chi connectivity index (χ1n) is 5.26. The van der Waals surface area contributed by atoms with Crippen LogP contribution in [0.2, 0.25) is 5.02 Å². The highest BCUT2D eigenvalue weighted by molar-refractivity contribution is 6.32. The molecule has 0 bridgehead atoms. The lowest BCUT2D eigenvalue weighted by atomic mass is 10.1. The molecule has 15 heavy (non-hydrogen) atoms. The molecule has 3 heteroatoms. The van der Waals surface area contributed by atoms with Crippen molar-refractivity contribution < 1.29 is 4.74 Å². The molecular formula is C12H16ClNO. The van der Waals surface area contributed by atoms with E-state index in [-0.39, 0.29) is 0 Å². The molecule has 0 saturated heterocycles. The Morgan fingerprint density at radius 1 is 1.47 bits per heavy atom. The predicted octanol–water partition coefficient (Wildman–Crippen LogP) is 3.40. The number of halogens is 1. The van der Waals surface area contributed by atoms with Gasteiger partial charge in [0, 0.05) is 17.5 Å². The smallest absolute Gasteiger partial charge is 0.143 e. The Balaban J connectivity index is 2.48. The Hall–Kier alpha value is -0.890. The van der Waals surface area contributed by atoms with Gasteiger partial charge < -0.3 is 10.1 Å². The Bertz CT molecular complexity index is 390. The first-order valence-corrected chi connectivity index (χ1v) is 5.63. The van der Waals surface area contributed by atoms with E-state index in [0.29, 0.717) is 5.92 Å². The van der Waals surface area contributed by atoms with Crippen molar-refractivity contribution in [3.05, 3.63) is 22.2 Å². The van der Waals surface area contributed by atoms with E-state index in [2.05, 4.69) is 12.2 Å². The van der Waals surface area contributed by atoms with Gasteiger partial charge in [-0.15, -0.1) is 0 Å². The van der Waals surface area contributed by atoms with Crippen LogP contribution in [-0.2, 0) is 0 Å². The lowest BCUT2D eigenvalue weighted by Gasteiger charge is -2.13. The van der Waals surface area contributed by atoms with E-state index in [1.807, 2.05) is 19.9 Å². The third-order valence-electron chi connectivity index (χ3n) is 2.80. The molecule has 1 heterocycles. The quantitative estimate of drug-likeness (QED) is 0.731. The number of rotatable bonds is 0. The van der Waals surface area contributed by atoms with Gasteiger partial charge in [0.05, 0.1) is 12.3 Å². The fourth-order valence-corrected chi connectivity index (χ4v) is 1.97. The number of benzene rings is 1. The van der Waals surface area contributed by atoms with E-state index >= 15 is 0 Å². The van der Waals surface area contributed by atoms with Crippen LogP contribution in [-0.4, -0.2) is 13.2 Å². The maximum absolute atomic E-state index is 6.21. The second kappa shape index (κ2) is 3.93. The molecule has 0 fully saturated rings. The molecule has 0 saturated carbocycles. The van der Waals surface area contributed by atoms with Crippen LogP contribution in [0.15, 0.2) is 6.07 Å². The van der Waals surface area contributed by atoms with Gasteiger partial charge in [-0.3, -0.25) is 0 Å². The zero-order chi connectivity index (χ0) is 11.0. The first-order chi connectivity index (χ1) is 7.09. The molecule has 1 atom stereocenters. The summed E-state index contributed by atoms with van der Waals surface area (Å²) in [5.41, 5.74) is 3.21. The molecule has 2 rings (SSSR count). The average Bonchev–Trinajstić information content (AvgIpc) is 2.38. The average molecular weight is 226 g/mol. The molecule has 1 aliphatic heterocycles. The minimum atomic E-state index is 0.524. The molecule has 1 aromatic rings. The second-order valence-electron chi connectivity index (χ2n) is 4.30. The van der Waals surface area contributed by atoms with Gasteiger partial charge in [0.25, 0.3) is 0 Å². The maximum Gasteiger partial charge on any atom is 0.143 e. The lowest BCUT2D eigenvalue weighted by Crippen LogP contribution is -2.13. The summed E-state index contributed by atoms with van der Waals surface area (Å²) in [5.74, 6) is 1.45. The van der Waals surface area contributed by atoms with Gasteiger partial charge >= 0.3 is 0 Å². The predicted molar refractivity (Wildman–Crippen MR) is 64.1 cm³/mol. The number of aryl methyl sites for hydroxylation is 1. The highest BCUT2D eigenvalue weighted by atomic mass is 35.5. The number of fused-ring (bicyclic) bond motifs is 1. The van der Waals surface area contributed by atoms with Crippen LogP contribution in [0.3, 0.4) is 0 Å². The minimum absolute atomic E-state index is 0.524. The van der Waals surface area contributed by atoms with Crippen molar-refractivity contribution in [1.29, 1.82) is 0 Å². The van der Waals surface area contributed by atoms with Gasteiger partial charge in [-0.1, -0.05) is 18.5 Å². The van der Waals surface area contributed by atoms with Crippen LogP contribution < -0.4 is 10.1 Å². The normalized spacial score (nSPS) is 19.9. The number of anilines is 1. The van der Waals surface area contributed by atoms with Crippen LogP contribution in [0.25, 0.3) is 0 Å². The van der Waals surface area contributed by atoms with E-state index in [1.165, 1.54) is 0 Å². The van der Waals surface area contributed by atoms with Crippen molar-refractivity contribution >= 4 is 17.3 Å². The van der Waals surface area contributed by atoms with E-state index in [4.69, 9.17) is 16.3 Å². The van der Waals surface area contributed by atoms with Crippen LogP contribution in [0.1, 0.15) is 18.1 Å². The molecule has 82 valence electrons. The van der Waals surface area contributed by atoms with E-state index in [0.717, 1.165) is 40.7 Å². The molecule has 2 nitrogen and oxygen atoms in total. The summed E-state index contributed by atoms with van der Waals surface area (Å²) >= 11 is 6.21. The summed E-state index contributed by atoms with van der Waals surface area (Å²) in [7, 11) is 0. The molecule has 1 aromatic carbocycles. The van der Waals surface area contributed by atoms with Crippen molar-refractivity contribution in [3.63, 3.8) is 0 Å². The molecule has 1 aliphatic rings. The standard InChI is InChI=1S/C12H16ClNO/c1-7-5-14-12-9(3)11(13)8(2)4-10(12)15-6-7/h4,7,14H,5-6H2,1-3H3. The Labute approximate surface area is 95.6 Å². The molecular weight excluding hydrogens is 210 g/mol. The summed E-state index contributed by atoms with van der Waals surface area (Å²) in [4.78, 5) is 0. The lowest BCUT2D eigenvalue weighted by molar-refractivity contribution is 0.275. The summed E-state index contributed by atoms with van der Waals surface area (Å²) in [6, 6.07) is 2.01. The highest BCUT2D eigenvalue weighted by Crippen LogP contribution is 2.37. The number of nitrogens with one attached hydrogen (secondary N) is 1. The molecule has 1 unspecified atom stereocenters. The Morgan fingerprint density at radius 2 is 2.20 bits per heavy atom. The topological polar surface area (TPSA) is 21.3 Å². The first kappa shape index (κ1) is 10.6. The van der Waals surface area contributed by atoms with Gasteiger partial charge in [-0.2, -0.15) is 0 Å². The van der Waals surface area contributed by atoms with Gasteiger partial charge in [-0.05, 0) is 31.0 Å². The van der Waals surface area contributed by atoms with Crippen molar-refractivity contribution in [2.24, 2.45) is 5.92 Å². The van der Waals surface area contributed by atoms with E-state index in [9.17, 15) is 0 Å². The van der Waals surface area contributed by atoms with Gasteiger partial charge in [0.2, 0.25) is 0 Å². The fourth-order valence-electron chi connectivity index (χ4n) is 1.82. The zero-order valence-corrected chi connectivity index (χ0v) is 10.1. The molecule has 0 spiro atoms.